The molecule has 4 aromatic rings. The summed E-state index contributed by atoms with van der Waals surface area (Å²) in [5, 5.41) is 5.14. The van der Waals surface area contributed by atoms with Crippen molar-refractivity contribution in [1.82, 2.24) is 10.3 Å². The van der Waals surface area contributed by atoms with Crippen molar-refractivity contribution in [3.63, 3.8) is 0 Å². The van der Waals surface area contributed by atoms with E-state index in [1.165, 1.54) is 0 Å². The van der Waals surface area contributed by atoms with Crippen LogP contribution < -0.4 is 10.2 Å². The third-order valence-electron chi connectivity index (χ3n) is 5.32. The molecule has 0 unspecified atom stereocenters. The van der Waals surface area contributed by atoms with Crippen LogP contribution in [0.3, 0.4) is 0 Å². The lowest BCUT2D eigenvalue weighted by Crippen LogP contribution is -2.29. The molecule has 3 heterocycles. The van der Waals surface area contributed by atoms with E-state index in [1.54, 1.807) is 18.3 Å². The lowest BCUT2D eigenvalue weighted by Gasteiger charge is -2.26. The van der Waals surface area contributed by atoms with Crippen molar-refractivity contribution < 1.29 is 4.42 Å². The van der Waals surface area contributed by atoms with Crippen molar-refractivity contribution in [1.29, 1.82) is 0 Å². The molecule has 2 aromatic heterocycles. The first-order valence-corrected chi connectivity index (χ1v) is 11.8. The Bertz CT molecular complexity index is 1280. The summed E-state index contributed by atoms with van der Waals surface area (Å²) in [6.07, 6.45) is 1.78. The first-order valence-electron chi connectivity index (χ1n) is 9.82. The van der Waals surface area contributed by atoms with E-state index in [2.05, 4.69) is 31.1 Å². The fourth-order valence-electron chi connectivity index (χ4n) is 3.87. The molecule has 160 valence electrons. The van der Waals surface area contributed by atoms with Crippen LogP contribution in [0.2, 0.25) is 10.0 Å². The van der Waals surface area contributed by atoms with Crippen molar-refractivity contribution in [2.24, 2.45) is 0 Å². The zero-order valence-corrected chi connectivity index (χ0v) is 20.4. The highest BCUT2D eigenvalue weighted by Gasteiger charge is 2.42. The van der Waals surface area contributed by atoms with Gasteiger partial charge in [0.25, 0.3) is 0 Å². The highest BCUT2D eigenvalue weighted by Crippen LogP contribution is 2.43. The third kappa shape index (κ3) is 4.04. The van der Waals surface area contributed by atoms with Crippen LogP contribution in [0.15, 0.2) is 87.9 Å². The third-order valence-corrected chi connectivity index (χ3v) is 6.71. The number of pyridine rings is 1. The molecule has 1 aliphatic heterocycles. The minimum Gasteiger partial charge on any atom is -0.459 e. The predicted octanol–water partition coefficient (Wildman–Crippen LogP) is 7.59. The smallest absolute Gasteiger partial charge is 0.174 e. The molecule has 1 saturated heterocycles. The van der Waals surface area contributed by atoms with E-state index in [0.29, 0.717) is 20.9 Å². The Balaban J connectivity index is 1.60. The van der Waals surface area contributed by atoms with Crippen LogP contribution in [-0.2, 0) is 0 Å². The Morgan fingerprint density at radius 1 is 1.00 bits per heavy atom. The number of hydrogen-bond donors (Lipinski definition) is 1. The van der Waals surface area contributed by atoms with Crippen LogP contribution in [0.1, 0.15) is 23.5 Å². The molecule has 8 heteroatoms. The molecule has 0 spiro atoms. The van der Waals surface area contributed by atoms with Gasteiger partial charge in [-0.3, -0.25) is 4.98 Å². The van der Waals surface area contributed by atoms with Crippen LogP contribution in [-0.4, -0.2) is 10.1 Å². The molecule has 32 heavy (non-hydrogen) atoms. The molecule has 5 rings (SSSR count). The van der Waals surface area contributed by atoms with Gasteiger partial charge in [-0.25, -0.2) is 0 Å². The van der Waals surface area contributed by atoms with Crippen LogP contribution in [0.25, 0.3) is 11.3 Å². The molecule has 2 atom stereocenters. The van der Waals surface area contributed by atoms with E-state index in [-0.39, 0.29) is 12.1 Å². The molecule has 1 fully saturated rings. The van der Waals surface area contributed by atoms with E-state index in [9.17, 15) is 0 Å². The highest BCUT2D eigenvalue weighted by molar-refractivity contribution is 9.10. The number of anilines is 1. The largest absolute Gasteiger partial charge is 0.459 e. The van der Waals surface area contributed by atoms with Gasteiger partial charge in [-0.2, -0.15) is 0 Å². The topological polar surface area (TPSA) is 41.3 Å². The van der Waals surface area contributed by atoms with Crippen molar-refractivity contribution in [2.75, 3.05) is 4.90 Å². The molecule has 4 nitrogen and oxygen atoms in total. The molecule has 1 N–H and O–H groups in total. The summed E-state index contributed by atoms with van der Waals surface area (Å²) in [4.78, 5) is 6.63. The average molecular weight is 545 g/mol. The fraction of sp³-hybridized carbons (Fsp3) is 0.0833. The maximum Gasteiger partial charge on any atom is 0.174 e. The second kappa shape index (κ2) is 8.87. The Morgan fingerprint density at radius 2 is 1.81 bits per heavy atom. The number of aromatic nitrogens is 1. The van der Waals surface area contributed by atoms with Crippen LogP contribution in [0.4, 0.5) is 5.69 Å². The maximum atomic E-state index is 6.42. The second-order valence-corrected chi connectivity index (χ2v) is 9.45. The summed E-state index contributed by atoms with van der Waals surface area (Å²) in [5.74, 6) is 1.41. The number of nitrogens with zero attached hydrogens (tertiary/aromatic N) is 2. The Hall–Kier alpha value is -2.38. The number of rotatable bonds is 4. The fourth-order valence-corrected chi connectivity index (χ4v) is 4.98. The minimum atomic E-state index is -0.238. The minimum absolute atomic E-state index is 0.188. The van der Waals surface area contributed by atoms with Gasteiger partial charge in [0.2, 0.25) is 0 Å². The van der Waals surface area contributed by atoms with Gasteiger partial charge in [-0.15, -0.1) is 0 Å². The molecular formula is C24H16BrCl2N3OS. The van der Waals surface area contributed by atoms with Crippen molar-refractivity contribution in [3.05, 3.63) is 105 Å². The van der Waals surface area contributed by atoms with E-state index in [4.69, 9.17) is 39.8 Å². The predicted molar refractivity (Wildman–Crippen MR) is 136 cm³/mol. The standard InChI is InChI=1S/C24H16BrCl2N3OS/c25-14-4-7-16(8-5-14)30-23(22(29-24(30)32)19-3-1-2-12-28-19)21-11-10-20(31-21)17-9-6-15(26)13-18(17)27/h1-13,22-23H,(H,29,32)/t22-,23+/m1/s1. The molecule has 0 saturated carbocycles. The van der Waals surface area contributed by atoms with Crippen molar-refractivity contribution >= 4 is 62.1 Å². The molecule has 0 radical (unpaired) electrons. The number of halogens is 3. The number of benzene rings is 2. The van der Waals surface area contributed by atoms with Gasteiger partial charge in [0, 0.05) is 26.9 Å². The van der Waals surface area contributed by atoms with Gasteiger partial charge in [0.05, 0.1) is 16.8 Å². The van der Waals surface area contributed by atoms with E-state index >= 15 is 0 Å². The Morgan fingerprint density at radius 3 is 2.53 bits per heavy atom. The lowest BCUT2D eigenvalue weighted by atomic mass is 10.0. The van der Waals surface area contributed by atoms with E-state index in [1.807, 2.05) is 60.7 Å². The monoisotopic (exact) mass is 543 g/mol. The quantitative estimate of drug-likeness (QED) is 0.268. The summed E-state index contributed by atoms with van der Waals surface area (Å²) in [5.41, 5.74) is 2.61. The second-order valence-electron chi connectivity index (χ2n) is 7.30. The van der Waals surface area contributed by atoms with Crippen molar-refractivity contribution in [3.8, 4) is 11.3 Å². The molecule has 0 aliphatic carbocycles. The summed E-state index contributed by atoms with van der Waals surface area (Å²) < 4.78 is 7.34. The first kappa shape index (κ1) is 21.5. The summed E-state index contributed by atoms with van der Waals surface area (Å²) in [6.45, 7) is 0. The number of thiocarbonyl (C=S) groups is 1. The Kier molecular flexibility index (Phi) is 5.95. The highest BCUT2D eigenvalue weighted by atomic mass is 79.9. The number of nitrogens with one attached hydrogen (secondary N) is 1. The summed E-state index contributed by atoms with van der Waals surface area (Å²) >= 11 is 21.7. The molecular weight excluding hydrogens is 529 g/mol. The van der Waals surface area contributed by atoms with Gasteiger partial charge < -0.3 is 14.6 Å². The zero-order chi connectivity index (χ0) is 22.2. The normalized spacial score (nSPS) is 18.1. The molecule has 1 aliphatic rings. The van der Waals surface area contributed by atoms with Gasteiger partial charge in [-0.05, 0) is 78.9 Å². The molecule has 0 bridgehead atoms. The molecule has 0 amide bonds. The zero-order valence-electron chi connectivity index (χ0n) is 16.5. The molecule has 2 aromatic carbocycles. The maximum absolute atomic E-state index is 6.42. The van der Waals surface area contributed by atoms with Crippen LogP contribution in [0.5, 0.6) is 0 Å². The first-order chi connectivity index (χ1) is 15.5. The van der Waals surface area contributed by atoms with Crippen LogP contribution >= 0.6 is 51.3 Å². The van der Waals surface area contributed by atoms with Gasteiger partial charge in [0.15, 0.2) is 5.11 Å². The van der Waals surface area contributed by atoms with Gasteiger partial charge >= 0.3 is 0 Å². The summed E-state index contributed by atoms with van der Waals surface area (Å²) in [6, 6.07) is 22.7. The van der Waals surface area contributed by atoms with E-state index in [0.717, 1.165) is 27.2 Å². The van der Waals surface area contributed by atoms with Gasteiger partial charge in [0.1, 0.15) is 17.6 Å². The lowest BCUT2D eigenvalue weighted by molar-refractivity contribution is 0.439. The SMILES string of the molecule is S=C1N[C@H](c2ccccn2)[C@H](c2ccc(-c3ccc(Cl)cc3Cl)o2)N1c1ccc(Br)cc1. The van der Waals surface area contributed by atoms with Crippen LogP contribution in [0, 0.1) is 0 Å². The van der Waals surface area contributed by atoms with Crippen molar-refractivity contribution in [2.45, 2.75) is 12.1 Å². The van der Waals surface area contributed by atoms with E-state index < -0.39 is 0 Å². The number of furan rings is 1. The number of hydrogen-bond acceptors (Lipinski definition) is 3. The van der Waals surface area contributed by atoms with Gasteiger partial charge in [-0.1, -0.05) is 45.2 Å². The average Bonchev–Trinajstić information content (AvgIpc) is 3.39. The Labute approximate surface area is 209 Å². The summed E-state index contributed by atoms with van der Waals surface area (Å²) in [7, 11) is 0.